The van der Waals surface area contributed by atoms with E-state index in [1.54, 1.807) is 18.2 Å². The molecule has 1 fully saturated rings. The molecule has 6 heteroatoms. The molecule has 1 N–H and O–H groups in total. The van der Waals surface area contributed by atoms with Gasteiger partial charge in [0.1, 0.15) is 11.5 Å². The van der Waals surface area contributed by atoms with Gasteiger partial charge in [-0.05, 0) is 67.6 Å². The Bertz CT molecular complexity index is 708. The maximum Gasteiger partial charge on any atom is 0.416 e. The first-order valence-corrected chi connectivity index (χ1v) is 8.76. The molecule has 0 bridgehead atoms. The fourth-order valence-electron chi connectivity index (χ4n) is 3.25. The third-order valence-corrected chi connectivity index (χ3v) is 4.79. The Morgan fingerprint density at radius 1 is 1.04 bits per heavy atom. The minimum Gasteiger partial charge on any atom is -0.508 e. The predicted octanol–water partition coefficient (Wildman–Crippen LogP) is 5.10. The summed E-state index contributed by atoms with van der Waals surface area (Å²) >= 11 is 0. The molecule has 3 rings (SSSR count). The Morgan fingerprint density at radius 2 is 1.73 bits per heavy atom. The van der Waals surface area contributed by atoms with Gasteiger partial charge < -0.3 is 14.7 Å². The second kappa shape index (κ2) is 7.89. The van der Waals surface area contributed by atoms with Crippen molar-refractivity contribution in [3.63, 3.8) is 0 Å². The van der Waals surface area contributed by atoms with E-state index in [1.807, 2.05) is 12.1 Å². The maximum atomic E-state index is 12.7. The van der Waals surface area contributed by atoms with Crippen LogP contribution in [0.1, 0.15) is 24.8 Å². The van der Waals surface area contributed by atoms with Crippen molar-refractivity contribution in [2.45, 2.75) is 25.4 Å². The number of phenols is 1. The number of nitrogens with zero attached hydrogens (tertiary/aromatic N) is 1. The summed E-state index contributed by atoms with van der Waals surface area (Å²) < 4.78 is 43.6. The van der Waals surface area contributed by atoms with Gasteiger partial charge in [-0.1, -0.05) is 6.07 Å². The maximum absolute atomic E-state index is 12.7. The van der Waals surface area contributed by atoms with Crippen LogP contribution in [0.3, 0.4) is 0 Å². The number of anilines is 1. The Morgan fingerprint density at radius 3 is 2.38 bits per heavy atom. The van der Waals surface area contributed by atoms with Crippen molar-refractivity contribution in [2.24, 2.45) is 5.92 Å². The van der Waals surface area contributed by atoms with Crippen LogP contribution in [0.4, 0.5) is 18.9 Å². The number of hydrogen-bond acceptors (Lipinski definition) is 3. The summed E-state index contributed by atoms with van der Waals surface area (Å²) in [6, 6.07) is 12.2. The Balaban J connectivity index is 1.44. The molecule has 1 saturated heterocycles. The van der Waals surface area contributed by atoms with E-state index in [-0.39, 0.29) is 11.5 Å². The molecule has 0 amide bonds. The number of rotatable bonds is 5. The van der Waals surface area contributed by atoms with Crippen LogP contribution in [0, 0.1) is 5.92 Å². The molecule has 1 aliphatic heterocycles. The van der Waals surface area contributed by atoms with E-state index in [2.05, 4.69) is 4.90 Å². The highest BCUT2D eigenvalue weighted by molar-refractivity contribution is 5.49. The number of piperidine rings is 1. The molecule has 2 aromatic rings. The lowest BCUT2D eigenvalue weighted by Gasteiger charge is -2.33. The average molecular weight is 365 g/mol. The van der Waals surface area contributed by atoms with Crippen LogP contribution in [0.2, 0.25) is 0 Å². The fourth-order valence-corrected chi connectivity index (χ4v) is 3.25. The second-order valence-electron chi connectivity index (χ2n) is 6.61. The van der Waals surface area contributed by atoms with Crippen molar-refractivity contribution in [3.05, 3.63) is 54.1 Å². The van der Waals surface area contributed by atoms with Crippen LogP contribution in [-0.4, -0.2) is 24.8 Å². The lowest BCUT2D eigenvalue weighted by molar-refractivity contribution is -0.137. The van der Waals surface area contributed by atoms with E-state index in [0.717, 1.165) is 50.2 Å². The third kappa shape index (κ3) is 4.84. The van der Waals surface area contributed by atoms with Crippen LogP contribution in [0.15, 0.2) is 48.5 Å². The highest BCUT2D eigenvalue weighted by Crippen LogP contribution is 2.31. The van der Waals surface area contributed by atoms with Crippen LogP contribution >= 0.6 is 0 Å². The molecule has 1 aliphatic rings. The summed E-state index contributed by atoms with van der Waals surface area (Å²) in [6.07, 6.45) is -1.47. The van der Waals surface area contributed by atoms with Crippen molar-refractivity contribution in [3.8, 4) is 11.5 Å². The molecule has 0 aromatic heterocycles. The molecular weight excluding hydrogens is 343 g/mol. The van der Waals surface area contributed by atoms with E-state index < -0.39 is 11.7 Å². The summed E-state index contributed by atoms with van der Waals surface area (Å²) in [7, 11) is 0. The van der Waals surface area contributed by atoms with Crippen molar-refractivity contribution in [2.75, 3.05) is 24.6 Å². The SMILES string of the molecule is Oc1ccc(N2CCC(CCOc3cccc(C(F)(F)F)c3)CC2)cc1. The van der Waals surface area contributed by atoms with Gasteiger partial charge in [-0.25, -0.2) is 0 Å². The number of ether oxygens (including phenoxy) is 1. The highest BCUT2D eigenvalue weighted by Gasteiger charge is 2.30. The Kier molecular flexibility index (Phi) is 5.59. The van der Waals surface area contributed by atoms with Crippen molar-refractivity contribution in [1.29, 1.82) is 0 Å². The van der Waals surface area contributed by atoms with Crippen molar-refractivity contribution in [1.82, 2.24) is 0 Å². The van der Waals surface area contributed by atoms with Gasteiger partial charge in [-0.15, -0.1) is 0 Å². The first-order chi connectivity index (χ1) is 12.4. The van der Waals surface area contributed by atoms with Gasteiger partial charge in [-0.3, -0.25) is 0 Å². The molecule has 0 atom stereocenters. The van der Waals surface area contributed by atoms with Gasteiger partial charge in [0.2, 0.25) is 0 Å². The topological polar surface area (TPSA) is 32.7 Å². The summed E-state index contributed by atoms with van der Waals surface area (Å²) in [6.45, 7) is 2.28. The predicted molar refractivity (Wildman–Crippen MR) is 94.6 cm³/mol. The van der Waals surface area contributed by atoms with Crippen LogP contribution in [0.25, 0.3) is 0 Å². The number of halogens is 3. The molecule has 140 valence electrons. The van der Waals surface area contributed by atoms with Crippen LogP contribution in [0.5, 0.6) is 11.5 Å². The molecule has 0 spiro atoms. The lowest BCUT2D eigenvalue weighted by Crippen LogP contribution is -2.34. The highest BCUT2D eigenvalue weighted by atomic mass is 19.4. The standard InChI is InChI=1S/C20H22F3NO2/c21-20(22,23)16-2-1-3-19(14-16)26-13-10-15-8-11-24(12-9-15)17-4-6-18(25)7-5-17/h1-7,14-15,25H,8-13H2. The van der Waals surface area contributed by atoms with Gasteiger partial charge in [0.15, 0.2) is 0 Å². The molecule has 0 aliphatic carbocycles. The monoisotopic (exact) mass is 365 g/mol. The first-order valence-electron chi connectivity index (χ1n) is 8.76. The minimum absolute atomic E-state index is 0.260. The van der Waals surface area contributed by atoms with E-state index in [9.17, 15) is 18.3 Å². The summed E-state index contributed by atoms with van der Waals surface area (Å²) in [5.41, 5.74) is 0.415. The van der Waals surface area contributed by atoms with Crippen LogP contribution < -0.4 is 9.64 Å². The van der Waals surface area contributed by atoms with E-state index in [0.29, 0.717) is 12.5 Å². The molecular formula is C20H22F3NO2. The number of aromatic hydroxyl groups is 1. The summed E-state index contributed by atoms with van der Waals surface area (Å²) in [5.74, 6) is 1.03. The van der Waals surface area contributed by atoms with E-state index in [4.69, 9.17) is 4.74 Å². The zero-order valence-electron chi connectivity index (χ0n) is 14.4. The van der Waals surface area contributed by atoms with Gasteiger partial charge in [-0.2, -0.15) is 13.2 Å². The molecule has 26 heavy (non-hydrogen) atoms. The fraction of sp³-hybridized carbons (Fsp3) is 0.400. The number of benzene rings is 2. The molecule has 0 radical (unpaired) electrons. The smallest absolute Gasteiger partial charge is 0.416 e. The van der Waals surface area contributed by atoms with Crippen molar-refractivity contribution < 1.29 is 23.0 Å². The van der Waals surface area contributed by atoms with Gasteiger partial charge in [0.05, 0.1) is 12.2 Å². The zero-order chi connectivity index (χ0) is 18.6. The molecule has 0 saturated carbocycles. The largest absolute Gasteiger partial charge is 0.508 e. The molecule has 1 heterocycles. The lowest BCUT2D eigenvalue weighted by atomic mass is 9.93. The molecule has 2 aromatic carbocycles. The van der Waals surface area contributed by atoms with E-state index >= 15 is 0 Å². The van der Waals surface area contributed by atoms with Gasteiger partial charge >= 0.3 is 6.18 Å². The average Bonchev–Trinajstić information content (AvgIpc) is 2.63. The number of alkyl halides is 3. The van der Waals surface area contributed by atoms with Gasteiger partial charge in [0, 0.05) is 18.8 Å². The Hall–Kier alpha value is -2.37. The molecule has 0 unspecified atom stereocenters. The third-order valence-electron chi connectivity index (χ3n) is 4.79. The first kappa shape index (κ1) is 18.4. The normalized spacial score (nSPS) is 15.9. The summed E-state index contributed by atoms with van der Waals surface area (Å²) in [4.78, 5) is 2.28. The van der Waals surface area contributed by atoms with E-state index in [1.165, 1.54) is 6.07 Å². The molecule has 3 nitrogen and oxygen atoms in total. The van der Waals surface area contributed by atoms with Gasteiger partial charge in [0.25, 0.3) is 0 Å². The quantitative estimate of drug-likeness (QED) is 0.800. The minimum atomic E-state index is -4.35. The van der Waals surface area contributed by atoms with Crippen molar-refractivity contribution >= 4 is 5.69 Å². The summed E-state index contributed by atoms with van der Waals surface area (Å²) in [5, 5.41) is 9.36. The second-order valence-corrected chi connectivity index (χ2v) is 6.61. The Labute approximate surface area is 151 Å². The number of phenolic OH excluding ortho intramolecular Hbond substituents is 1. The number of hydrogen-bond donors (Lipinski definition) is 1. The van der Waals surface area contributed by atoms with Crippen LogP contribution in [-0.2, 0) is 6.18 Å². The zero-order valence-corrected chi connectivity index (χ0v) is 14.4.